The summed E-state index contributed by atoms with van der Waals surface area (Å²) in [4.78, 5) is 11.5. The summed E-state index contributed by atoms with van der Waals surface area (Å²) >= 11 is 1.34. The van der Waals surface area contributed by atoms with E-state index in [1.165, 1.54) is 11.5 Å². The van der Waals surface area contributed by atoms with Gasteiger partial charge in [0.05, 0.1) is 17.0 Å². The van der Waals surface area contributed by atoms with Crippen molar-refractivity contribution in [3.63, 3.8) is 0 Å². The van der Waals surface area contributed by atoms with E-state index in [1.807, 2.05) is 0 Å². The fraction of sp³-hybridized carbons (Fsp3) is 0.571. The van der Waals surface area contributed by atoms with Gasteiger partial charge in [-0.2, -0.15) is 0 Å². The van der Waals surface area contributed by atoms with E-state index in [0.29, 0.717) is 0 Å². The second kappa shape index (κ2) is 2.82. The maximum Gasteiger partial charge on any atom is 0.303 e. The Morgan fingerprint density at radius 3 is 3.33 bits per heavy atom. The highest BCUT2D eigenvalue weighted by atomic mass is 32.1. The van der Waals surface area contributed by atoms with Gasteiger partial charge in [0, 0.05) is 5.92 Å². The van der Waals surface area contributed by atoms with E-state index in [9.17, 15) is 4.79 Å². The van der Waals surface area contributed by atoms with Crippen LogP contribution in [0.25, 0.3) is 0 Å². The van der Waals surface area contributed by atoms with Crippen molar-refractivity contribution >= 4 is 17.5 Å². The molecule has 4 nitrogen and oxygen atoms in total. The molecule has 1 heterocycles. The lowest BCUT2D eigenvalue weighted by Gasteiger charge is -2.02. The fourth-order valence-corrected chi connectivity index (χ4v) is 2.37. The molecule has 64 valence electrons. The molecular weight excluding hydrogens is 176 g/mol. The number of aromatic nitrogens is 2. The molecule has 12 heavy (non-hydrogen) atoms. The maximum atomic E-state index is 10.5. The number of carbonyl (C=O) groups is 1. The molecule has 1 aromatic heterocycles. The molecule has 0 bridgehead atoms. The average Bonchev–Trinajstić information content (AvgIpc) is 2.52. The molecular formula is C7H8N2O2S. The van der Waals surface area contributed by atoms with Crippen molar-refractivity contribution in [1.82, 2.24) is 9.59 Å². The zero-order valence-electron chi connectivity index (χ0n) is 6.36. The zero-order valence-corrected chi connectivity index (χ0v) is 7.17. The molecule has 1 aliphatic rings. The third-order valence-electron chi connectivity index (χ3n) is 2.11. The van der Waals surface area contributed by atoms with Gasteiger partial charge in [0.1, 0.15) is 0 Å². The predicted octanol–water partition coefficient (Wildman–Crippen LogP) is 1.04. The summed E-state index contributed by atoms with van der Waals surface area (Å²) in [5, 5.41) is 12.5. The van der Waals surface area contributed by atoms with Gasteiger partial charge in [0.25, 0.3) is 0 Å². The molecule has 0 aliphatic heterocycles. The topological polar surface area (TPSA) is 63.1 Å². The van der Waals surface area contributed by atoms with Gasteiger partial charge in [-0.3, -0.25) is 4.79 Å². The zero-order chi connectivity index (χ0) is 8.55. The summed E-state index contributed by atoms with van der Waals surface area (Å²) in [6, 6.07) is 0. The van der Waals surface area contributed by atoms with Crippen LogP contribution in [0.5, 0.6) is 0 Å². The number of hydrogen-bond acceptors (Lipinski definition) is 4. The molecule has 0 saturated carbocycles. The smallest absolute Gasteiger partial charge is 0.303 e. The number of hydrogen-bond donors (Lipinski definition) is 1. The van der Waals surface area contributed by atoms with Crippen LogP contribution in [0, 0.1) is 0 Å². The Morgan fingerprint density at radius 1 is 1.75 bits per heavy atom. The van der Waals surface area contributed by atoms with Crippen molar-refractivity contribution in [2.45, 2.75) is 25.2 Å². The Bertz CT molecular complexity index is 310. The molecule has 0 spiro atoms. The van der Waals surface area contributed by atoms with Gasteiger partial charge in [-0.05, 0) is 24.4 Å². The van der Waals surface area contributed by atoms with E-state index >= 15 is 0 Å². The predicted molar refractivity (Wildman–Crippen MR) is 43.2 cm³/mol. The number of carboxylic acid groups (broad SMARTS) is 1. The van der Waals surface area contributed by atoms with Crippen LogP contribution in [-0.2, 0) is 11.2 Å². The van der Waals surface area contributed by atoms with Crippen LogP contribution in [0.3, 0.4) is 0 Å². The van der Waals surface area contributed by atoms with E-state index in [4.69, 9.17) is 5.11 Å². The molecule has 1 N–H and O–H groups in total. The lowest BCUT2D eigenvalue weighted by Crippen LogP contribution is -2.01. The molecule has 0 radical (unpaired) electrons. The number of aliphatic carboxylic acids is 1. The van der Waals surface area contributed by atoms with Gasteiger partial charge in [-0.25, -0.2) is 0 Å². The third kappa shape index (κ3) is 1.20. The van der Waals surface area contributed by atoms with Crippen LogP contribution < -0.4 is 0 Å². The second-order valence-corrected chi connectivity index (χ2v) is 3.70. The minimum Gasteiger partial charge on any atom is -0.481 e. The number of nitrogens with zero attached hydrogens (tertiary/aromatic N) is 2. The maximum absolute atomic E-state index is 10.5. The Labute approximate surface area is 73.4 Å². The number of aryl methyl sites for hydroxylation is 1. The summed E-state index contributed by atoms with van der Waals surface area (Å²) in [6.07, 6.45) is 2.03. The first-order chi connectivity index (χ1) is 5.77. The van der Waals surface area contributed by atoms with Crippen LogP contribution >= 0.6 is 11.5 Å². The number of fused-ring (bicyclic) bond motifs is 1. The Kier molecular flexibility index (Phi) is 1.80. The van der Waals surface area contributed by atoms with E-state index < -0.39 is 5.97 Å². The first kappa shape index (κ1) is 7.67. The van der Waals surface area contributed by atoms with Crippen LogP contribution in [0.1, 0.15) is 29.3 Å². The minimum absolute atomic E-state index is 0.164. The lowest BCUT2D eigenvalue weighted by molar-refractivity contribution is -0.137. The van der Waals surface area contributed by atoms with Crippen molar-refractivity contribution in [3.8, 4) is 0 Å². The van der Waals surface area contributed by atoms with Gasteiger partial charge in [-0.15, -0.1) is 5.10 Å². The summed E-state index contributed by atoms with van der Waals surface area (Å²) in [7, 11) is 0. The molecule has 1 unspecified atom stereocenters. The first-order valence-electron chi connectivity index (χ1n) is 3.80. The average molecular weight is 184 g/mol. The standard InChI is InChI=1S/C7H8N2O2S/c10-6(11)3-4-1-2-5-7(4)12-9-8-5/h4H,1-3H2,(H,10,11). The van der Waals surface area contributed by atoms with Gasteiger partial charge < -0.3 is 5.11 Å². The van der Waals surface area contributed by atoms with Crippen molar-refractivity contribution in [3.05, 3.63) is 10.6 Å². The summed E-state index contributed by atoms with van der Waals surface area (Å²) < 4.78 is 3.80. The van der Waals surface area contributed by atoms with E-state index in [2.05, 4.69) is 9.59 Å². The second-order valence-electron chi connectivity index (χ2n) is 2.92. The van der Waals surface area contributed by atoms with Crippen molar-refractivity contribution in [2.24, 2.45) is 0 Å². The normalized spacial score (nSPS) is 20.8. The molecule has 0 fully saturated rings. The van der Waals surface area contributed by atoms with Crippen LogP contribution in [-0.4, -0.2) is 20.7 Å². The Hall–Kier alpha value is -0.970. The lowest BCUT2D eigenvalue weighted by atomic mass is 10.1. The van der Waals surface area contributed by atoms with Gasteiger partial charge in [0.2, 0.25) is 0 Å². The molecule has 5 heteroatoms. The number of carboxylic acids is 1. The molecule has 1 aromatic rings. The Morgan fingerprint density at radius 2 is 2.58 bits per heavy atom. The quantitative estimate of drug-likeness (QED) is 0.746. The largest absolute Gasteiger partial charge is 0.481 e. The van der Waals surface area contributed by atoms with Crippen molar-refractivity contribution < 1.29 is 9.90 Å². The van der Waals surface area contributed by atoms with Crippen LogP contribution in [0.15, 0.2) is 0 Å². The van der Waals surface area contributed by atoms with Crippen molar-refractivity contribution in [2.75, 3.05) is 0 Å². The first-order valence-corrected chi connectivity index (χ1v) is 4.57. The Balaban J connectivity index is 2.17. The number of rotatable bonds is 2. The molecule has 0 amide bonds. The van der Waals surface area contributed by atoms with E-state index in [-0.39, 0.29) is 12.3 Å². The van der Waals surface area contributed by atoms with Gasteiger partial charge >= 0.3 is 5.97 Å². The molecule has 1 aliphatic carbocycles. The monoisotopic (exact) mass is 184 g/mol. The van der Waals surface area contributed by atoms with Gasteiger partial charge in [0.15, 0.2) is 0 Å². The van der Waals surface area contributed by atoms with Gasteiger partial charge in [-0.1, -0.05) is 4.49 Å². The van der Waals surface area contributed by atoms with Crippen molar-refractivity contribution in [1.29, 1.82) is 0 Å². The van der Waals surface area contributed by atoms with Crippen LogP contribution in [0.4, 0.5) is 0 Å². The molecule has 0 saturated heterocycles. The highest BCUT2D eigenvalue weighted by molar-refractivity contribution is 7.05. The molecule has 1 atom stereocenters. The highest BCUT2D eigenvalue weighted by Crippen LogP contribution is 2.36. The summed E-state index contributed by atoms with van der Waals surface area (Å²) in [6.45, 7) is 0. The summed E-state index contributed by atoms with van der Waals surface area (Å²) in [5.41, 5.74) is 1.01. The highest BCUT2D eigenvalue weighted by Gasteiger charge is 2.27. The molecule has 0 aromatic carbocycles. The van der Waals surface area contributed by atoms with E-state index in [0.717, 1.165) is 23.4 Å². The minimum atomic E-state index is -0.735. The third-order valence-corrected chi connectivity index (χ3v) is 3.04. The summed E-state index contributed by atoms with van der Waals surface area (Å²) in [5.74, 6) is -0.571. The fourth-order valence-electron chi connectivity index (χ4n) is 1.55. The van der Waals surface area contributed by atoms with Crippen LogP contribution in [0.2, 0.25) is 0 Å². The SMILES string of the molecule is O=C(O)CC1CCc2nnsc21. The molecule has 2 rings (SSSR count). The van der Waals surface area contributed by atoms with E-state index in [1.54, 1.807) is 0 Å².